The Morgan fingerprint density at radius 3 is 2.41 bits per heavy atom. The number of anilines is 1. The molecule has 0 spiro atoms. The van der Waals surface area contributed by atoms with Gasteiger partial charge in [0, 0.05) is 38.7 Å². The van der Waals surface area contributed by atoms with Crippen LogP contribution in [0.4, 0.5) is 5.82 Å². The van der Waals surface area contributed by atoms with Gasteiger partial charge in [0.05, 0.1) is 5.39 Å². The number of carbonyl (C=O) groups is 2. The van der Waals surface area contributed by atoms with Gasteiger partial charge in [-0.3, -0.25) is 9.59 Å². The van der Waals surface area contributed by atoms with E-state index in [1.54, 1.807) is 0 Å². The van der Waals surface area contributed by atoms with Crippen LogP contribution in [-0.2, 0) is 11.2 Å². The smallest absolute Gasteiger partial charge is 0.270 e. The highest BCUT2D eigenvalue weighted by atomic mass is 16.2. The third-order valence-corrected chi connectivity index (χ3v) is 7.36. The van der Waals surface area contributed by atoms with Gasteiger partial charge in [0.2, 0.25) is 5.91 Å². The molecule has 1 aliphatic heterocycles. The van der Waals surface area contributed by atoms with Crippen molar-refractivity contribution in [3.63, 3.8) is 0 Å². The maximum atomic E-state index is 13.5. The van der Waals surface area contributed by atoms with Crippen molar-refractivity contribution in [2.24, 2.45) is 5.92 Å². The van der Waals surface area contributed by atoms with Crippen molar-refractivity contribution in [1.29, 1.82) is 0 Å². The fourth-order valence-corrected chi connectivity index (χ4v) is 5.23. The number of nitrogens with zero attached hydrogens (tertiary/aromatic N) is 3. The molecule has 0 radical (unpaired) electrons. The molecule has 1 aliphatic rings. The van der Waals surface area contributed by atoms with Gasteiger partial charge in [-0.05, 0) is 49.7 Å². The fraction of sp³-hybridized carbons (Fsp3) is 0.355. The molecular formula is C31H36N6O2. The number of hydrogen-bond acceptors (Lipinski definition) is 5. The Kier molecular flexibility index (Phi) is 8.51. The first-order chi connectivity index (χ1) is 19.1. The molecule has 202 valence electrons. The lowest BCUT2D eigenvalue weighted by atomic mass is 9.90. The molecule has 5 rings (SSSR count). The molecule has 3 N–H and O–H groups in total. The standard InChI is InChI=1S/C31H36N6O2/c1-22(38)32-17-18-33-29-26-21-27(34-30(26)36-28(35-29)25-13-6-3-7-14-25)31(39)37-19-15-24(16-20-37)12-8-11-23-9-4-2-5-10-23/h2-7,9-10,13-14,21,24H,8,11-12,15-20H2,1H3,(H,32,38)(H2,33,34,35,36). The highest BCUT2D eigenvalue weighted by Crippen LogP contribution is 2.28. The normalized spacial score (nSPS) is 13.9. The van der Waals surface area contributed by atoms with Gasteiger partial charge in [0.15, 0.2) is 5.82 Å². The third kappa shape index (κ3) is 6.82. The van der Waals surface area contributed by atoms with Crippen LogP contribution in [0.15, 0.2) is 66.7 Å². The summed E-state index contributed by atoms with van der Waals surface area (Å²) in [5.74, 6) is 1.79. The van der Waals surface area contributed by atoms with Crippen molar-refractivity contribution in [2.45, 2.75) is 39.0 Å². The Bertz CT molecular complexity index is 1390. The minimum Gasteiger partial charge on any atom is -0.368 e. The van der Waals surface area contributed by atoms with Crippen LogP contribution in [0.25, 0.3) is 22.4 Å². The summed E-state index contributed by atoms with van der Waals surface area (Å²) in [7, 11) is 0. The van der Waals surface area contributed by atoms with E-state index in [-0.39, 0.29) is 11.8 Å². The molecule has 1 saturated heterocycles. The maximum absolute atomic E-state index is 13.5. The summed E-state index contributed by atoms with van der Waals surface area (Å²) in [6.07, 6.45) is 5.57. The Balaban J connectivity index is 1.25. The number of piperidine rings is 1. The molecule has 0 bridgehead atoms. The second kappa shape index (κ2) is 12.6. The SMILES string of the molecule is CC(=O)NCCNc1nc(-c2ccccc2)nc2[nH]c(C(=O)N3CCC(CCCc4ccccc4)CC3)cc12. The number of aryl methyl sites for hydroxylation is 1. The topological polar surface area (TPSA) is 103 Å². The molecule has 4 aromatic rings. The van der Waals surface area contributed by atoms with Crippen LogP contribution < -0.4 is 10.6 Å². The largest absolute Gasteiger partial charge is 0.368 e. The molecular weight excluding hydrogens is 488 g/mol. The van der Waals surface area contributed by atoms with Crippen molar-refractivity contribution in [3.8, 4) is 11.4 Å². The average Bonchev–Trinajstić information content (AvgIpc) is 3.41. The second-order valence-corrected chi connectivity index (χ2v) is 10.2. The quantitative estimate of drug-likeness (QED) is 0.252. The molecule has 8 nitrogen and oxygen atoms in total. The number of aromatic nitrogens is 3. The molecule has 2 aromatic carbocycles. The van der Waals surface area contributed by atoms with Crippen LogP contribution in [0.3, 0.4) is 0 Å². The molecule has 2 amide bonds. The van der Waals surface area contributed by atoms with E-state index in [9.17, 15) is 9.59 Å². The highest BCUT2D eigenvalue weighted by molar-refractivity contribution is 6.00. The number of rotatable bonds is 10. The lowest BCUT2D eigenvalue weighted by Crippen LogP contribution is -2.38. The molecule has 0 saturated carbocycles. The number of hydrogen-bond donors (Lipinski definition) is 3. The first-order valence-corrected chi connectivity index (χ1v) is 13.8. The molecule has 0 aliphatic carbocycles. The van der Waals surface area contributed by atoms with Crippen LogP contribution in [0.2, 0.25) is 0 Å². The van der Waals surface area contributed by atoms with Gasteiger partial charge in [-0.25, -0.2) is 9.97 Å². The number of fused-ring (bicyclic) bond motifs is 1. The predicted octanol–water partition coefficient (Wildman–Crippen LogP) is 5.05. The zero-order chi connectivity index (χ0) is 27.0. The average molecular weight is 525 g/mol. The van der Waals surface area contributed by atoms with Crippen molar-refractivity contribution < 1.29 is 9.59 Å². The van der Waals surface area contributed by atoms with Gasteiger partial charge in [-0.15, -0.1) is 0 Å². The molecule has 0 atom stereocenters. The van der Waals surface area contributed by atoms with Crippen molar-refractivity contribution in [3.05, 3.63) is 78.0 Å². The highest BCUT2D eigenvalue weighted by Gasteiger charge is 2.25. The van der Waals surface area contributed by atoms with Gasteiger partial charge in [0.1, 0.15) is 17.2 Å². The van der Waals surface area contributed by atoms with Crippen LogP contribution in [-0.4, -0.2) is 57.8 Å². The summed E-state index contributed by atoms with van der Waals surface area (Å²) in [5, 5.41) is 6.86. The zero-order valence-corrected chi connectivity index (χ0v) is 22.5. The molecule has 8 heteroatoms. The van der Waals surface area contributed by atoms with Crippen LogP contribution in [0.5, 0.6) is 0 Å². The van der Waals surface area contributed by atoms with E-state index in [1.807, 2.05) is 41.3 Å². The van der Waals surface area contributed by atoms with Crippen molar-refractivity contribution in [1.82, 2.24) is 25.2 Å². The van der Waals surface area contributed by atoms with Crippen LogP contribution in [0, 0.1) is 5.92 Å². The fourth-order valence-electron chi connectivity index (χ4n) is 5.23. The molecule has 3 heterocycles. The molecule has 39 heavy (non-hydrogen) atoms. The van der Waals surface area contributed by atoms with E-state index in [2.05, 4.69) is 45.9 Å². The van der Waals surface area contributed by atoms with Crippen LogP contribution in [0.1, 0.15) is 48.7 Å². The van der Waals surface area contributed by atoms with Gasteiger partial charge < -0.3 is 20.5 Å². The monoisotopic (exact) mass is 524 g/mol. The van der Waals surface area contributed by atoms with Gasteiger partial charge >= 0.3 is 0 Å². The summed E-state index contributed by atoms with van der Waals surface area (Å²) in [6, 6.07) is 22.3. The van der Waals surface area contributed by atoms with E-state index >= 15 is 0 Å². The summed E-state index contributed by atoms with van der Waals surface area (Å²) < 4.78 is 0. The lowest BCUT2D eigenvalue weighted by molar-refractivity contribution is -0.118. The minimum absolute atomic E-state index is 0.00110. The van der Waals surface area contributed by atoms with Gasteiger partial charge in [0.25, 0.3) is 5.91 Å². The Labute approximate surface area is 229 Å². The molecule has 0 unspecified atom stereocenters. The summed E-state index contributed by atoms with van der Waals surface area (Å²) in [5.41, 5.74) is 3.43. The first kappa shape index (κ1) is 26.4. The van der Waals surface area contributed by atoms with Crippen molar-refractivity contribution >= 4 is 28.7 Å². The van der Waals surface area contributed by atoms with E-state index < -0.39 is 0 Å². The van der Waals surface area contributed by atoms with E-state index in [1.165, 1.54) is 25.3 Å². The minimum atomic E-state index is -0.0795. The Morgan fingerprint density at radius 1 is 0.974 bits per heavy atom. The van der Waals surface area contributed by atoms with E-state index in [0.29, 0.717) is 42.0 Å². The van der Waals surface area contributed by atoms with Gasteiger partial charge in [-0.1, -0.05) is 60.7 Å². The number of carbonyl (C=O) groups excluding carboxylic acids is 2. The molecule has 2 aromatic heterocycles. The Hall–Kier alpha value is -4.20. The number of benzene rings is 2. The van der Waals surface area contributed by atoms with Crippen LogP contribution >= 0.6 is 0 Å². The first-order valence-electron chi connectivity index (χ1n) is 13.8. The summed E-state index contributed by atoms with van der Waals surface area (Å²) in [4.78, 5) is 39.4. The third-order valence-electron chi connectivity index (χ3n) is 7.36. The van der Waals surface area contributed by atoms with E-state index in [0.717, 1.165) is 43.3 Å². The second-order valence-electron chi connectivity index (χ2n) is 10.2. The summed E-state index contributed by atoms with van der Waals surface area (Å²) in [6.45, 7) is 4.01. The zero-order valence-electron chi connectivity index (χ0n) is 22.5. The number of amides is 2. The van der Waals surface area contributed by atoms with E-state index in [4.69, 9.17) is 9.97 Å². The molecule has 1 fully saturated rings. The van der Waals surface area contributed by atoms with Crippen molar-refractivity contribution in [2.75, 3.05) is 31.5 Å². The number of nitrogens with one attached hydrogen (secondary N) is 3. The predicted molar refractivity (Wildman–Crippen MR) is 155 cm³/mol. The number of H-pyrrole nitrogens is 1. The summed E-state index contributed by atoms with van der Waals surface area (Å²) >= 11 is 0. The number of aromatic amines is 1. The lowest BCUT2D eigenvalue weighted by Gasteiger charge is -2.31. The maximum Gasteiger partial charge on any atom is 0.270 e. The van der Waals surface area contributed by atoms with Gasteiger partial charge in [-0.2, -0.15) is 0 Å². The Morgan fingerprint density at radius 2 is 1.69 bits per heavy atom. The number of likely N-dealkylation sites (tertiary alicyclic amines) is 1.